The Balaban J connectivity index is 2.12. The first kappa shape index (κ1) is 13.1. The Morgan fingerprint density at radius 1 is 1.41 bits per heavy atom. The molecule has 2 rings (SSSR count). The molecule has 0 aliphatic carbocycles. The van der Waals surface area contributed by atoms with E-state index in [2.05, 4.69) is 5.32 Å². The van der Waals surface area contributed by atoms with Crippen LogP contribution in [0.4, 0.5) is 4.39 Å². The number of hydrogen-bond donors (Lipinski definition) is 2. The van der Waals surface area contributed by atoms with Gasteiger partial charge in [0.25, 0.3) is 0 Å². The molecular weight excluding hydrogens is 264 g/mol. The lowest BCUT2D eigenvalue weighted by molar-refractivity contribution is 0.154. The Labute approximate surface area is 110 Å². The Bertz CT molecular complexity index is 408. The molecule has 17 heavy (non-hydrogen) atoms. The van der Waals surface area contributed by atoms with Gasteiger partial charge < -0.3 is 10.4 Å². The Hall–Kier alpha value is -0.350. The summed E-state index contributed by atoms with van der Waals surface area (Å²) in [4.78, 5) is 0. The summed E-state index contributed by atoms with van der Waals surface area (Å²) in [5, 5.41) is 13.6. The van der Waals surface area contributed by atoms with E-state index in [1.807, 2.05) is 0 Å². The van der Waals surface area contributed by atoms with Gasteiger partial charge in [0, 0.05) is 16.6 Å². The monoisotopic (exact) mass is 277 g/mol. The van der Waals surface area contributed by atoms with Gasteiger partial charge in [-0.15, -0.1) is 0 Å². The van der Waals surface area contributed by atoms with E-state index in [1.165, 1.54) is 12.1 Å². The molecule has 2 N–H and O–H groups in total. The van der Waals surface area contributed by atoms with Crippen LogP contribution in [0.2, 0.25) is 10.0 Å². The van der Waals surface area contributed by atoms with Gasteiger partial charge in [-0.2, -0.15) is 0 Å². The zero-order valence-corrected chi connectivity index (χ0v) is 10.7. The quantitative estimate of drug-likeness (QED) is 0.831. The predicted octanol–water partition coefficient (Wildman–Crippen LogP) is 3.31. The zero-order chi connectivity index (χ0) is 12.4. The van der Waals surface area contributed by atoms with E-state index in [0.717, 1.165) is 19.4 Å². The van der Waals surface area contributed by atoms with Crippen LogP contribution in [0.5, 0.6) is 0 Å². The zero-order valence-electron chi connectivity index (χ0n) is 9.22. The number of halogens is 3. The molecule has 2 unspecified atom stereocenters. The lowest BCUT2D eigenvalue weighted by atomic mass is 10.0. The normalized spacial score (nSPS) is 21.8. The molecule has 0 saturated carbocycles. The van der Waals surface area contributed by atoms with Gasteiger partial charge in [0.1, 0.15) is 5.82 Å². The van der Waals surface area contributed by atoms with Crippen LogP contribution in [0.25, 0.3) is 0 Å². The number of nitrogens with one attached hydrogen (secondary N) is 1. The van der Waals surface area contributed by atoms with E-state index < -0.39 is 11.9 Å². The number of hydrogen-bond acceptors (Lipinski definition) is 2. The van der Waals surface area contributed by atoms with Gasteiger partial charge in [-0.05, 0) is 37.9 Å². The molecule has 0 radical (unpaired) electrons. The van der Waals surface area contributed by atoms with Crippen molar-refractivity contribution >= 4 is 23.2 Å². The van der Waals surface area contributed by atoms with E-state index in [4.69, 9.17) is 23.2 Å². The minimum Gasteiger partial charge on any atom is -0.388 e. The summed E-state index contributed by atoms with van der Waals surface area (Å²) >= 11 is 11.6. The molecule has 2 atom stereocenters. The third kappa shape index (κ3) is 3.10. The molecule has 1 aliphatic rings. The fraction of sp³-hybridized carbons (Fsp3) is 0.500. The third-order valence-corrected chi connectivity index (χ3v) is 3.69. The van der Waals surface area contributed by atoms with Crippen LogP contribution in [0.1, 0.15) is 30.9 Å². The van der Waals surface area contributed by atoms with Gasteiger partial charge in [-0.25, -0.2) is 4.39 Å². The molecule has 1 fully saturated rings. The van der Waals surface area contributed by atoms with Crippen molar-refractivity contribution in [3.63, 3.8) is 0 Å². The maximum absolute atomic E-state index is 13.3. The molecule has 0 bridgehead atoms. The highest BCUT2D eigenvalue weighted by molar-refractivity contribution is 6.35. The molecule has 1 saturated heterocycles. The van der Waals surface area contributed by atoms with E-state index in [9.17, 15) is 9.50 Å². The van der Waals surface area contributed by atoms with Gasteiger partial charge in [0.05, 0.1) is 11.1 Å². The van der Waals surface area contributed by atoms with Crippen LogP contribution in [-0.4, -0.2) is 17.7 Å². The van der Waals surface area contributed by atoms with Crippen molar-refractivity contribution < 1.29 is 9.50 Å². The predicted molar refractivity (Wildman–Crippen MR) is 67.0 cm³/mol. The molecule has 1 aromatic carbocycles. The smallest absolute Gasteiger partial charge is 0.142 e. The standard InChI is InChI=1S/C12H14Cl2FNO/c13-9-6-10(14)11(15)5-8(9)12(17)4-7-2-1-3-16-7/h5-7,12,16-17H,1-4H2. The SMILES string of the molecule is OC(CC1CCCN1)c1cc(F)c(Cl)cc1Cl. The second-order valence-electron chi connectivity index (χ2n) is 4.33. The van der Waals surface area contributed by atoms with E-state index in [0.29, 0.717) is 17.0 Å². The maximum Gasteiger partial charge on any atom is 0.142 e. The van der Waals surface area contributed by atoms with Crippen molar-refractivity contribution in [3.05, 3.63) is 33.6 Å². The van der Waals surface area contributed by atoms with E-state index >= 15 is 0 Å². The minimum atomic E-state index is -0.759. The summed E-state index contributed by atoms with van der Waals surface area (Å²) in [7, 11) is 0. The fourth-order valence-corrected chi connectivity index (χ4v) is 2.66. The first-order valence-electron chi connectivity index (χ1n) is 5.64. The summed E-state index contributed by atoms with van der Waals surface area (Å²) in [6, 6.07) is 2.82. The molecule has 0 aromatic heterocycles. The first-order valence-corrected chi connectivity index (χ1v) is 6.39. The van der Waals surface area contributed by atoms with Crippen molar-refractivity contribution in [3.8, 4) is 0 Å². The molecule has 5 heteroatoms. The third-order valence-electron chi connectivity index (χ3n) is 3.07. The van der Waals surface area contributed by atoms with Crippen LogP contribution in [0.3, 0.4) is 0 Å². The number of aliphatic hydroxyl groups excluding tert-OH is 1. The molecule has 2 nitrogen and oxygen atoms in total. The molecule has 94 valence electrons. The maximum atomic E-state index is 13.3. The second kappa shape index (κ2) is 5.53. The van der Waals surface area contributed by atoms with Crippen molar-refractivity contribution in [2.45, 2.75) is 31.4 Å². The molecular formula is C12H14Cl2FNO. The summed E-state index contributed by atoms with van der Waals surface area (Å²) in [6.07, 6.45) is 1.93. The molecule has 1 heterocycles. The number of aliphatic hydroxyl groups is 1. The summed E-state index contributed by atoms with van der Waals surface area (Å²) in [5.74, 6) is -0.551. The van der Waals surface area contributed by atoms with Crippen molar-refractivity contribution in [2.24, 2.45) is 0 Å². The largest absolute Gasteiger partial charge is 0.388 e. The van der Waals surface area contributed by atoms with Crippen LogP contribution < -0.4 is 5.32 Å². The highest BCUT2D eigenvalue weighted by Gasteiger charge is 2.21. The Morgan fingerprint density at radius 2 is 2.18 bits per heavy atom. The fourth-order valence-electron chi connectivity index (χ4n) is 2.15. The average Bonchev–Trinajstić information content (AvgIpc) is 2.76. The highest BCUT2D eigenvalue weighted by atomic mass is 35.5. The first-order chi connectivity index (χ1) is 8.08. The van der Waals surface area contributed by atoms with Gasteiger partial charge >= 0.3 is 0 Å². The van der Waals surface area contributed by atoms with Crippen LogP contribution in [-0.2, 0) is 0 Å². The lowest BCUT2D eigenvalue weighted by Crippen LogP contribution is -2.23. The van der Waals surface area contributed by atoms with E-state index in [-0.39, 0.29) is 11.1 Å². The lowest BCUT2D eigenvalue weighted by Gasteiger charge is -2.17. The molecule has 1 aliphatic heterocycles. The van der Waals surface area contributed by atoms with Crippen LogP contribution >= 0.6 is 23.2 Å². The van der Waals surface area contributed by atoms with E-state index in [1.54, 1.807) is 0 Å². The topological polar surface area (TPSA) is 32.3 Å². The van der Waals surface area contributed by atoms with Gasteiger partial charge in [0.15, 0.2) is 0 Å². The van der Waals surface area contributed by atoms with Gasteiger partial charge in [0.2, 0.25) is 0 Å². The molecule has 1 aromatic rings. The second-order valence-corrected chi connectivity index (χ2v) is 5.15. The number of benzene rings is 1. The number of rotatable bonds is 3. The Morgan fingerprint density at radius 3 is 2.82 bits per heavy atom. The van der Waals surface area contributed by atoms with Crippen LogP contribution in [0, 0.1) is 5.82 Å². The Kier molecular flexibility index (Phi) is 4.26. The van der Waals surface area contributed by atoms with Gasteiger partial charge in [-0.3, -0.25) is 0 Å². The summed E-state index contributed by atoms with van der Waals surface area (Å²) < 4.78 is 13.3. The van der Waals surface area contributed by atoms with Gasteiger partial charge in [-0.1, -0.05) is 23.2 Å². The molecule has 0 spiro atoms. The average molecular weight is 278 g/mol. The summed E-state index contributed by atoms with van der Waals surface area (Å²) in [6.45, 7) is 0.972. The van der Waals surface area contributed by atoms with Crippen molar-refractivity contribution in [2.75, 3.05) is 6.54 Å². The van der Waals surface area contributed by atoms with Crippen molar-refractivity contribution in [1.82, 2.24) is 5.32 Å². The highest BCUT2D eigenvalue weighted by Crippen LogP contribution is 2.31. The van der Waals surface area contributed by atoms with Crippen LogP contribution in [0.15, 0.2) is 12.1 Å². The molecule has 0 amide bonds. The van der Waals surface area contributed by atoms with Crippen molar-refractivity contribution in [1.29, 1.82) is 0 Å². The minimum absolute atomic E-state index is 0.0232. The summed E-state index contributed by atoms with van der Waals surface area (Å²) in [5.41, 5.74) is 0.405.